The van der Waals surface area contributed by atoms with Gasteiger partial charge in [0.15, 0.2) is 5.17 Å². The van der Waals surface area contributed by atoms with Gasteiger partial charge < -0.3 is 25.5 Å². The standard InChI is InChI=1S/C18H23BN4O5S/c1-17(2)18(3,4)28-19(27-17)11-5-6-12(20)10(7-11)9-21-23-16-22-15(26)13(29-16)8-14(24)25/h5-7,9,13H,8,20H2,1-4H3,(H,24,25)(H,22,23,26). The topological polar surface area (TPSA) is 136 Å². The first-order chi connectivity index (χ1) is 13.5. The Morgan fingerprint density at radius 1 is 1.34 bits per heavy atom. The number of carbonyl (C=O) groups excluding carboxylic acids is 1. The molecule has 1 atom stereocenters. The molecule has 2 saturated heterocycles. The molecule has 0 aliphatic carbocycles. The Hall–Kier alpha value is -2.37. The third kappa shape index (κ3) is 4.63. The molecule has 2 fully saturated rings. The highest BCUT2D eigenvalue weighted by atomic mass is 32.2. The van der Waals surface area contributed by atoms with Crippen LogP contribution >= 0.6 is 11.8 Å². The first-order valence-corrected chi connectivity index (χ1v) is 9.92. The number of thioether (sulfide) groups is 1. The molecule has 1 amide bonds. The van der Waals surface area contributed by atoms with Crippen LogP contribution in [0.4, 0.5) is 5.69 Å². The van der Waals surface area contributed by atoms with E-state index in [0.717, 1.165) is 17.2 Å². The van der Waals surface area contributed by atoms with Crippen molar-refractivity contribution in [3.63, 3.8) is 0 Å². The SMILES string of the molecule is CC1(C)OB(c2ccc(N)c(C=NN=C3NC(=O)C(CC(=O)O)S3)c2)OC1(C)C. The molecule has 29 heavy (non-hydrogen) atoms. The van der Waals surface area contributed by atoms with Gasteiger partial charge in [-0.15, -0.1) is 5.10 Å². The zero-order valence-corrected chi connectivity index (χ0v) is 17.4. The van der Waals surface area contributed by atoms with Crippen molar-refractivity contribution in [2.75, 3.05) is 5.73 Å². The number of amidine groups is 1. The molecule has 0 radical (unpaired) electrons. The van der Waals surface area contributed by atoms with E-state index >= 15 is 0 Å². The minimum Gasteiger partial charge on any atom is -0.481 e. The Morgan fingerprint density at radius 2 is 2.00 bits per heavy atom. The van der Waals surface area contributed by atoms with Gasteiger partial charge in [0.1, 0.15) is 5.25 Å². The van der Waals surface area contributed by atoms with Gasteiger partial charge in [0, 0.05) is 11.3 Å². The number of nitrogens with zero attached hydrogens (tertiary/aromatic N) is 2. The Balaban J connectivity index is 1.73. The van der Waals surface area contributed by atoms with Gasteiger partial charge in [0.05, 0.1) is 23.8 Å². The third-order valence-electron chi connectivity index (χ3n) is 5.12. The summed E-state index contributed by atoms with van der Waals surface area (Å²) in [4.78, 5) is 22.5. The van der Waals surface area contributed by atoms with Crippen LogP contribution in [0.15, 0.2) is 28.4 Å². The lowest BCUT2D eigenvalue weighted by molar-refractivity contribution is -0.138. The van der Waals surface area contributed by atoms with E-state index in [0.29, 0.717) is 11.3 Å². The maximum Gasteiger partial charge on any atom is 0.494 e. The third-order valence-corrected chi connectivity index (χ3v) is 6.19. The van der Waals surface area contributed by atoms with Gasteiger partial charge in [0.25, 0.3) is 0 Å². The summed E-state index contributed by atoms with van der Waals surface area (Å²) in [6.07, 6.45) is 1.19. The number of hydrogen-bond acceptors (Lipinski definition) is 8. The highest BCUT2D eigenvalue weighted by molar-refractivity contribution is 8.15. The van der Waals surface area contributed by atoms with Crippen LogP contribution in [0.25, 0.3) is 0 Å². The first-order valence-electron chi connectivity index (χ1n) is 9.04. The van der Waals surface area contributed by atoms with Crippen molar-refractivity contribution in [2.45, 2.75) is 50.6 Å². The number of benzene rings is 1. The Kier molecular flexibility index (Phi) is 5.75. The minimum atomic E-state index is -1.05. The molecule has 4 N–H and O–H groups in total. The maximum atomic E-state index is 11.7. The average Bonchev–Trinajstić information content (AvgIpc) is 3.04. The summed E-state index contributed by atoms with van der Waals surface area (Å²) in [5, 5.41) is 18.8. The Labute approximate surface area is 173 Å². The van der Waals surface area contributed by atoms with Gasteiger partial charge in [-0.2, -0.15) is 5.10 Å². The molecular formula is C18H23BN4O5S. The summed E-state index contributed by atoms with van der Waals surface area (Å²) < 4.78 is 12.1. The van der Waals surface area contributed by atoms with Crippen LogP contribution < -0.4 is 16.5 Å². The molecule has 2 aliphatic rings. The smallest absolute Gasteiger partial charge is 0.481 e. The van der Waals surface area contributed by atoms with Gasteiger partial charge in [-0.25, -0.2) is 0 Å². The quantitative estimate of drug-likeness (QED) is 0.281. The van der Waals surface area contributed by atoms with Crippen LogP contribution in [0.5, 0.6) is 0 Å². The molecular weight excluding hydrogens is 395 g/mol. The minimum absolute atomic E-state index is 0.248. The summed E-state index contributed by atoms with van der Waals surface area (Å²) in [6.45, 7) is 7.92. The summed E-state index contributed by atoms with van der Waals surface area (Å²) >= 11 is 1.03. The van der Waals surface area contributed by atoms with E-state index < -0.39 is 35.4 Å². The fourth-order valence-electron chi connectivity index (χ4n) is 2.72. The second-order valence-electron chi connectivity index (χ2n) is 7.82. The molecule has 2 heterocycles. The van der Waals surface area contributed by atoms with Gasteiger partial charge in [-0.1, -0.05) is 23.9 Å². The van der Waals surface area contributed by atoms with Crippen molar-refractivity contribution >= 4 is 53.3 Å². The number of carboxylic acids is 1. The lowest BCUT2D eigenvalue weighted by Crippen LogP contribution is -2.41. The van der Waals surface area contributed by atoms with Crippen molar-refractivity contribution in [3.05, 3.63) is 23.8 Å². The van der Waals surface area contributed by atoms with Crippen LogP contribution in [0.3, 0.4) is 0 Å². The molecule has 11 heteroatoms. The number of nitrogens with two attached hydrogens (primary N) is 1. The molecule has 0 bridgehead atoms. The van der Waals surface area contributed by atoms with E-state index in [1.165, 1.54) is 6.21 Å². The normalized spacial score (nSPS) is 24.4. The number of carbonyl (C=O) groups is 2. The predicted octanol–water partition coefficient (Wildman–Crippen LogP) is 0.964. The second kappa shape index (κ2) is 7.81. The monoisotopic (exact) mass is 418 g/mol. The van der Waals surface area contributed by atoms with Crippen LogP contribution in [0.1, 0.15) is 39.7 Å². The summed E-state index contributed by atoms with van der Waals surface area (Å²) in [6, 6.07) is 5.39. The molecule has 9 nitrogen and oxygen atoms in total. The van der Waals surface area contributed by atoms with Gasteiger partial charge >= 0.3 is 13.1 Å². The lowest BCUT2D eigenvalue weighted by atomic mass is 9.78. The number of hydrogen-bond donors (Lipinski definition) is 3. The molecule has 0 saturated carbocycles. The number of aliphatic carboxylic acids is 1. The van der Waals surface area contributed by atoms with Crippen LogP contribution in [-0.4, -0.2) is 51.9 Å². The van der Waals surface area contributed by atoms with Gasteiger partial charge in [-0.05, 0) is 39.2 Å². The fraction of sp³-hybridized carbons (Fsp3) is 0.444. The van der Waals surface area contributed by atoms with Gasteiger partial charge in [-0.3, -0.25) is 9.59 Å². The number of nitrogen functional groups attached to an aromatic ring is 1. The van der Waals surface area contributed by atoms with E-state index in [2.05, 4.69) is 15.5 Å². The Bertz CT molecular complexity index is 886. The zero-order valence-electron chi connectivity index (χ0n) is 16.6. The summed E-state index contributed by atoms with van der Waals surface area (Å²) in [5.41, 5.74) is 7.04. The highest BCUT2D eigenvalue weighted by Crippen LogP contribution is 2.36. The molecule has 0 spiro atoms. The molecule has 0 aromatic heterocycles. The van der Waals surface area contributed by atoms with Crippen molar-refractivity contribution in [1.29, 1.82) is 0 Å². The van der Waals surface area contributed by atoms with Crippen molar-refractivity contribution in [2.24, 2.45) is 10.2 Å². The van der Waals surface area contributed by atoms with Crippen molar-refractivity contribution in [1.82, 2.24) is 5.32 Å². The maximum absolute atomic E-state index is 11.7. The number of carboxylic acid groups (broad SMARTS) is 1. The van der Waals surface area contributed by atoms with E-state index in [1.807, 2.05) is 39.8 Å². The molecule has 1 aromatic rings. The summed E-state index contributed by atoms with van der Waals surface area (Å²) in [7, 11) is -0.527. The summed E-state index contributed by atoms with van der Waals surface area (Å²) in [5.74, 6) is -1.44. The van der Waals surface area contributed by atoms with Crippen molar-refractivity contribution < 1.29 is 24.0 Å². The highest BCUT2D eigenvalue weighted by Gasteiger charge is 2.51. The largest absolute Gasteiger partial charge is 0.494 e. The predicted molar refractivity (Wildman–Crippen MR) is 113 cm³/mol. The second-order valence-corrected chi connectivity index (χ2v) is 9.01. The zero-order chi connectivity index (χ0) is 21.4. The van der Waals surface area contributed by atoms with Crippen molar-refractivity contribution in [3.8, 4) is 0 Å². The molecule has 3 rings (SSSR count). The fourth-order valence-corrected chi connectivity index (χ4v) is 3.63. The van der Waals surface area contributed by atoms with E-state index in [9.17, 15) is 9.59 Å². The van der Waals surface area contributed by atoms with Crippen LogP contribution in [0.2, 0.25) is 0 Å². The number of nitrogens with one attached hydrogen (secondary N) is 1. The average molecular weight is 418 g/mol. The van der Waals surface area contributed by atoms with E-state index in [-0.39, 0.29) is 11.6 Å². The molecule has 1 aromatic carbocycles. The van der Waals surface area contributed by atoms with Crippen LogP contribution in [-0.2, 0) is 18.9 Å². The van der Waals surface area contributed by atoms with Gasteiger partial charge in [0.2, 0.25) is 5.91 Å². The molecule has 154 valence electrons. The molecule has 1 unspecified atom stereocenters. The Morgan fingerprint density at radius 3 is 2.62 bits per heavy atom. The number of anilines is 1. The van der Waals surface area contributed by atoms with E-state index in [1.54, 1.807) is 6.07 Å². The van der Waals surface area contributed by atoms with Crippen LogP contribution in [0, 0.1) is 0 Å². The first kappa shape index (κ1) is 21.3. The number of amides is 1. The van der Waals surface area contributed by atoms with E-state index in [4.69, 9.17) is 20.1 Å². The lowest BCUT2D eigenvalue weighted by Gasteiger charge is -2.32. The molecule has 2 aliphatic heterocycles. The number of rotatable bonds is 5.